The van der Waals surface area contributed by atoms with Gasteiger partial charge in [0.05, 0.1) is 12.7 Å². The highest BCUT2D eigenvalue weighted by Gasteiger charge is 2.17. The third kappa shape index (κ3) is 6.66. The molecule has 1 fully saturated rings. The fraction of sp³-hybridized carbons (Fsp3) is 1.00. The van der Waals surface area contributed by atoms with Crippen molar-refractivity contribution in [3.05, 3.63) is 0 Å². The highest BCUT2D eigenvalue weighted by molar-refractivity contribution is 4.71. The molecule has 5 nitrogen and oxygen atoms in total. The van der Waals surface area contributed by atoms with Crippen LogP contribution >= 0.6 is 0 Å². The molecule has 0 spiro atoms. The molecule has 0 aliphatic carbocycles. The van der Waals surface area contributed by atoms with Crippen LogP contribution in [0.15, 0.2) is 0 Å². The van der Waals surface area contributed by atoms with Gasteiger partial charge in [-0.05, 0) is 20.9 Å². The van der Waals surface area contributed by atoms with Crippen LogP contribution in [0, 0.1) is 0 Å². The van der Waals surface area contributed by atoms with Crippen molar-refractivity contribution in [2.45, 2.75) is 32.7 Å². The van der Waals surface area contributed by atoms with Gasteiger partial charge in [-0.2, -0.15) is 0 Å². The predicted molar refractivity (Wildman–Crippen MR) is 71.8 cm³/mol. The van der Waals surface area contributed by atoms with Crippen LogP contribution in [-0.2, 0) is 14.2 Å². The Morgan fingerprint density at radius 2 is 2.06 bits per heavy atom. The summed E-state index contributed by atoms with van der Waals surface area (Å²) in [5.41, 5.74) is 0. The molecule has 0 aromatic rings. The van der Waals surface area contributed by atoms with Gasteiger partial charge in [-0.3, -0.25) is 0 Å². The van der Waals surface area contributed by atoms with Gasteiger partial charge in [0.2, 0.25) is 0 Å². The highest BCUT2D eigenvalue weighted by atomic mass is 16.7. The van der Waals surface area contributed by atoms with E-state index in [1.54, 1.807) is 0 Å². The molecule has 1 aliphatic heterocycles. The van der Waals surface area contributed by atoms with Gasteiger partial charge in [-0.1, -0.05) is 0 Å². The van der Waals surface area contributed by atoms with Crippen LogP contribution in [0.4, 0.5) is 0 Å². The lowest BCUT2D eigenvalue weighted by molar-refractivity contribution is -0.138. The average Bonchev–Trinajstić information content (AvgIpc) is 2.35. The van der Waals surface area contributed by atoms with Crippen LogP contribution in [0.3, 0.4) is 0 Å². The van der Waals surface area contributed by atoms with Crippen molar-refractivity contribution in [3.8, 4) is 0 Å². The second-order valence-corrected chi connectivity index (χ2v) is 4.59. The first kappa shape index (κ1) is 15.9. The van der Waals surface area contributed by atoms with E-state index in [2.05, 4.69) is 17.3 Å². The summed E-state index contributed by atoms with van der Waals surface area (Å²) in [5, 5.41) is 3.41. The zero-order valence-electron chi connectivity index (χ0n) is 12.0. The van der Waals surface area contributed by atoms with Gasteiger partial charge in [-0.15, -0.1) is 0 Å². The van der Waals surface area contributed by atoms with E-state index in [4.69, 9.17) is 14.2 Å². The Morgan fingerprint density at radius 1 is 1.33 bits per heavy atom. The SMILES string of the molecule is CCOC(CCNCC1CN(C)CCO1)OCC. The number of nitrogens with one attached hydrogen (secondary N) is 1. The minimum absolute atomic E-state index is 0.0811. The summed E-state index contributed by atoms with van der Waals surface area (Å²) >= 11 is 0. The first-order valence-electron chi connectivity index (χ1n) is 7.00. The molecule has 0 aromatic carbocycles. The lowest BCUT2D eigenvalue weighted by Crippen LogP contribution is -2.45. The average molecular weight is 260 g/mol. The second kappa shape index (κ2) is 9.69. The Bertz CT molecular complexity index is 192. The lowest BCUT2D eigenvalue weighted by atomic mass is 10.3. The molecule has 1 saturated heterocycles. The molecule has 108 valence electrons. The fourth-order valence-corrected chi connectivity index (χ4v) is 2.06. The molecule has 1 atom stereocenters. The van der Waals surface area contributed by atoms with Crippen LogP contribution in [-0.4, -0.2) is 70.3 Å². The van der Waals surface area contributed by atoms with E-state index in [1.807, 2.05) is 13.8 Å². The Kier molecular flexibility index (Phi) is 8.54. The zero-order chi connectivity index (χ0) is 13.2. The number of morpholine rings is 1. The number of nitrogens with zero attached hydrogens (tertiary/aromatic N) is 1. The number of rotatable bonds is 9. The van der Waals surface area contributed by atoms with Crippen molar-refractivity contribution >= 4 is 0 Å². The molecule has 18 heavy (non-hydrogen) atoms. The Labute approximate surface area is 111 Å². The van der Waals surface area contributed by atoms with Gasteiger partial charge >= 0.3 is 0 Å². The van der Waals surface area contributed by atoms with Crippen LogP contribution < -0.4 is 5.32 Å². The van der Waals surface area contributed by atoms with E-state index in [9.17, 15) is 0 Å². The predicted octanol–water partition coefficient (Wildman–Crippen LogP) is 0.696. The molecule has 5 heteroatoms. The van der Waals surface area contributed by atoms with Gasteiger partial charge < -0.3 is 24.4 Å². The minimum atomic E-state index is -0.0811. The molecule has 0 amide bonds. The maximum absolute atomic E-state index is 5.68. The van der Waals surface area contributed by atoms with Crippen LogP contribution in [0.25, 0.3) is 0 Å². The van der Waals surface area contributed by atoms with Crippen molar-refractivity contribution in [1.29, 1.82) is 0 Å². The number of hydrogen-bond donors (Lipinski definition) is 1. The van der Waals surface area contributed by atoms with Gasteiger partial charge in [0.15, 0.2) is 6.29 Å². The molecule has 0 aromatic heterocycles. The van der Waals surface area contributed by atoms with Crippen molar-refractivity contribution in [2.24, 2.45) is 0 Å². The van der Waals surface area contributed by atoms with E-state index in [0.717, 1.165) is 39.2 Å². The monoisotopic (exact) mass is 260 g/mol. The second-order valence-electron chi connectivity index (χ2n) is 4.59. The van der Waals surface area contributed by atoms with Gasteiger partial charge in [-0.25, -0.2) is 0 Å². The molecule has 1 unspecified atom stereocenters. The first-order valence-corrected chi connectivity index (χ1v) is 7.00. The van der Waals surface area contributed by atoms with Crippen molar-refractivity contribution in [3.63, 3.8) is 0 Å². The van der Waals surface area contributed by atoms with Gasteiger partial charge in [0.1, 0.15) is 0 Å². The fourth-order valence-electron chi connectivity index (χ4n) is 2.06. The number of hydrogen-bond acceptors (Lipinski definition) is 5. The van der Waals surface area contributed by atoms with Crippen molar-refractivity contribution in [1.82, 2.24) is 10.2 Å². The Morgan fingerprint density at radius 3 is 2.67 bits per heavy atom. The number of ether oxygens (including phenoxy) is 3. The summed E-state index contributed by atoms with van der Waals surface area (Å²) in [6.07, 6.45) is 1.10. The van der Waals surface area contributed by atoms with E-state index in [-0.39, 0.29) is 6.29 Å². The molecule has 1 rings (SSSR count). The normalized spacial score (nSPS) is 21.7. The van der Waals surface area contributed by atoms with Crippen LogP contribution in [0.5, 0.6) is 0 Å². The summed E-state index contributed by atoms with van der Waals surface area (Å²) in [4.78, 5) is 2.30. The quantitative estimate of drug-likeness (QED) is 0.488. The topological polar surface area (TPSA) is 43.0 Å². The lowest BCUT2D eigenvalue weighted by Gasteiger charge is -2.30. The molecule has 1 aliphatic rings. The molecular weight excluding hydrogens is 232 g/mol. The zero-order valence-corrected chi connectivity index (χ0v) is 12.0. The standard InChI is InChI=1S/C13H28N2O3/c1-4-16-13(17-5-2)6-7-14-10-12-11-15(3)8-9-18-12/h12-14H,4-11H2,1-3H3. The van der Waals surface area contributed by atoms with Crippen LogP contribution in [0.1, 0.15) is 20.3 Å². The Hall–Kier alpha value is -0.200. The molecule has 1 heterocycles. The first-order chi connectivity index (χ1) is 8.76. The summed E-state index contributed by atoms with van der Waals surface area (Å²) in [5.74, 6) is 0. The van der Waals surface area contributed by atoms with E-state index < -0.39 is 0 Å². The Balaban J connectivity index is 2.05. The third-order valence-electron chi connectivity index (χ3n) is 2.98. The van der Waals surface area contributed by atoms with Gasteiger partial charge in [0, 0.05) is 45.8 Å². The molecule has 0 saturated carbocycles. The third-order valence-corrected chi connectivity index (χ3v) is 2.98. The van der Waals surface area contributed by atoms with E-state index >= 15 is 0 Å². The molecule has 0 bridgehead atoms. The number of likely N-dealkylation sites (N-methyl/N-ethyl adjacent to an activating group) is 1. The largest absolute Gasteiger partial charge is 0.374 e. The van der Waals surface area contributed by atoms with Crippen LogP contribution in [0.2, 0.25) is 0 Å². The summed E-state index contributed by atoms with van der Waals surface area (Å²) in [6.45, 7) is 10.0. The molecule has 0 radical (unpaired) electrons. The maximum atomic E-state index is 5.68. The van der Waals surface area contributed by atoms with Gasteiger partial charge in [0.25, 0.3) is 0 Å². The maximum Gasteiger partial charge on any atom is 0.158 e. The highest BCUT2D eigenvalue weighted by Crippen LogP contribution is 2.03. The summed E-state index contributed by atoms with van der Waals surface area (Å²) in [6, 6.07) is 0. The van der Waals surface area contributed by atoms with Crippen molar-refractivity contribution < 1.29 is 14.2 Å². The smallest absolute Gasteiger partial charge is 0.158 e. The van der Waals surface area contributed by atoms with E-state index in [1.165, 1.54) is 0 Å². The summed E-state index contributed by atoms with van der Waals surface area (Å²) in [7, 11) is 2.13. The summed E-state index contributed by atoms with van der Waals surface area (Å²) < 4.78 is 16.7. The van der Waals surface area contributed by atoms with E-state index in [0.29, 0.717) is 19.3 Å². The minimum Gasteiger partial charge on any atom is -0.374 e. The molecule has 1 N–H and O–H groups in total. The van der Waals surface area contributed by atoms with Crippen molar-refractivity contribution in [2.75, 3.05) is 53.0 Å². The molecular formula is C13H28N2O3.